The van der Waals surface area contributed by atoms with E-state index in [0.717, 1.165) is 11.1 Å². The Balaban J connectivity index is 1.90. The van der Waals surface area contributed by atoms with E-state index < -0.39 is 0 Å². The number of carbonyl (C=O) groups excluding carboxylic acids is 1. The molecule has 0 radical (unpaired) electrons. The normalized spacial score (nSPS) is 15.0. The molecule has 1 N–H and O–H groups in total. The van der Waals surface area contributed by atoms with Crippen LogP contribution in [0.1, 0.15) is 16.7 Å². The van der Waals surface area contributed by atoms with E-state index in [1.807, 2.05) is 30.3 Å². The van der Waals surface area contributed by atoms with Crippen molar-refractivity contribution in [2.45, 2.75) is 0 Å². The Morgan fingerprint density at radius 1 is 0.963 bits per heavy atom. The van der Waals surface area contributed by atoms with E-state index in [0.29, 0.717) is 22.0 Å². The lowest BCUT2D eigenvalue weighted by molar-refractivity contribution is -0.112. The molecular weight excluding hydrogens is 363 g/mol. The molecule has 132 valence electrons. The summed E-state index contributed by atoms with van der Waals surface area (Å²) in [6.45, 7) is 0. The van der Waals surface area contributed by atoms with Crippen molar-refractivity contribution in [3.63, 3.8) is 0 Å². The van der Waals surface area contributed by atoms with Gasteiger partial charge in [-0.2, -0.15) is 0 Å². The summed E-state index contributed by atoms with van der Waals surface area (Å²) in [5, 5.41) is 3.43. The van der Waals surface area contributed by atoms with Crippen molar-refractivity contribution in [1.82, 2.24) is 0 Å². The van der Waals surface area contributed by atoms with Gasteiger partial charge in [0.2, 0.25) is 0 Å². The number of hydrogen-bond acceptors (Lipinski definition) is 2. The van der Waals surface area contributed by atoms with Gasteiger partial charge in [-0.05, 0) is 42.0 Å². The minimum Gasteiger partial charge on any atom is -0.320 e. The molecule has 0 saturated heterocycles. The standard InChI is InChI=1S/C22H14ClFN2O/c23-16-8-11-19-18(13-16)21(15-4-2-1-3-5-15)25-20(22(27)26-19)12-14-6-9-17(24)10-7-14/h1-13H,(H,26,27)/b20-12+. The lowest BCUT2D eigenvalue weighted by Crippen LogP contribution is -2.12. The number of aliphatic imine (C=N–C) groups is 1. The summed E-state index contributed by atoms with van der Waals surface area (Å²) in [4.78, 5) is 17.4. The Bertz CT molecular complexity index is 1070. The molecule has 0 aliphatic carbocycles. The van der Waals surface area contributed by atoms with Gasteiger partial charge in [-0.15, -0.1) is 0 Å². The molecule has 3 nitrogen and oxygen atoms in total. The molecule has 0 atom stereocenters. The first-order valence-corrected chi connectivity index (χ1v) is 8.70. The second kappa shape index (κ2) is 7.17. The summed E-state index contributed by atoms with van der Waals surface area (Å²) in [7, 11) is 0. The molecule has 1 aliphatic heterocycles. The van der Waals surface area contributed by atoms with Gasteiger partial charge in [0.25, 0.3) is 5.91 Å². The van der Waals surface area contributed by atoms with Crippen molar-refractivity contribution < 1.29 is 9.18 Å². The summed E-state index contributed by atoms with van der Waals surface area (Å²) in [5.41, 5.74) is 3.79. The predicted molar refractivity (Wildman–Crippen MR) is 107 cm³/mol. The van der Waals surface area contributed by atoms with Gasteiger partial charge in [0.1, 0.15) is 11.5 Å². The maximum atomic E-state index is 13.2. The zero-order valence-electron chi connectivity index (χ0n) is 14.1. The molecule has 0 aromatic heterocycles. The number of benzene rings is 3. The highest BCUT2D eigenvalue weighted by Gasteiger charge is 2.21. The van der Waals surface area contributed by atoms with E-state index >= 15 is 0 Å². The number of rotatable bonds is 2. The van der Waals surface area contributed by atoms with E-state index in [1.54, 1.807) is 36.4 Å². The zero-order chi connectivity index (χ0) is 18.8. The molecule has 0 unspecified atom stereocenters. The smallest absolute Gasteiger partial charge is 0.274 e. The van der Waals surface area contributed by atoms with Crippen LogP contribution in [0.5, 0.6) is 0 Å². The van der Waals surface area contributed by atoms with Crippen LogP contribution < -0.4 is 5.32 Å². The van der Waals surface area contributed by atoms with Gasteiger partial charge in [0.15, 0.2) is 0 Å². The molecule has 5 heteroatoms. The predicted octanol–water partition coefficient (Wildman–Crippen LogP) is 5.31. The van der Waals surface area contributed by atoms with Crippen LogP contribution >= 0.6 is 11.6 Å². The fraction of sp³-hybridized carbons (Fsp3) is 0. The molecule has 3 aromatic carbocycles. The van der Waals surface area contributed by atoms with E-state index in [4.69, 9.17) is 11.6 Å². The topological polar surface area (TPSA) is 41.5 Å². The van der Waals surface area contributed by atoms with Crippen LogP contribution in [0.3, 0.4) is 0 Å². The van der Waals surface area contributed by atoms with Crippen LogP contribution in [0.15, 0.2) is 83.5 Å². The summed E-state index contributed by atoms with van der Waals surface area (Å²) in [5.74, 6) is -0.674. The lowest BCUT2D eigenvalue weighted by Gasteiger charge is -2.10. The van der Waals surface area contributed by atoms with Crippen molar-refractivity contribution in [2.24, 2.45) is 4.99 Å². The second-order valence-corrected chi connectivity index (χ2v) is 6.49. The monoisotopic (exact) mass is 376 g/mol. The number of nitrogens with one attached hydrogen (secondary N) is 1. The number of hydrogen-bond donors (Lipinski definition) is 1. The van der Waals surface area contributed by atoms with Gasteiger partial charge in [-0.25, -0.2) is 9.38 Å². The van der Waals surface area contributed by atoms with Crippen LogP contribution in [0, 0.1) is 5.82 Å². The van der Waals surface area contributed by atoms with Crippen molar-refractivity contribution in [3.05, 3.63) is 106 Å². The van der Waals surface area contributed by atoms with Crippen molar-refractivity contribution in [2.75, 3.05) is 5.32 Å². The van der Waals surface area contributed by atoms with Gasteiger partial charge in [-0.3, -0.25) is 4.79 Å². The summed E-state index contributed by atoms with van der Waals surface area (Å²) < 4.78 is 13.2. The number of amides is 1. The molecule has 1 aliphatic rings. The van der Waals surface area contributed by atoms with E-state index in [9.17, 15) is 9.18 Å². The molecule has 1 heterocycles. The minimum absolute atomic E-state index is 0.229. The first kappa shape index (κ1) is 17.2. The first-order chi connectivity index (χ1) is 13.1. The van der Waals surface area contributed by atoms with Crippen LogP contribution in [0.2, 0.25) is 5.02 Å². The number of benzodiazepines with no additional fused rings is 1. The maximum absolute atomic E-state index is 13.2. The van der Waals surface area contributed by atoms with Crippen LogP contribution in [0.25, 0.3) is 6.08 Å². The average Bonchev–Trinajstić information content (AvgIpc) is 2.81. The van der Waals surface area contributed by atoms with Crippen molar-refractivity contribution in [3.8, 4) is 0 Å². The molecule has 0 bridgehead atoms. The van der Waals surface area contributed by atoms with Gasteiger partial charge >= 0.3 is 0 Å². The Labute approximate surface area is 160 Å². The molecule has 27 heavy (non-hydrogen) atoms. The molecule has 0 fully saturated rings. The van der Waals surface area contributed by atoms with Gasteiger partial charge in [-0.1, -0.05) is 54.1 Å². The fourth-order valence-electron chi connectivity index (χ4n) is 2.87. The number of halogens is 2. The fourth-order valence-corrected chi connectivity index (χ4v) is 3.04. The summed E-state index contributed by atoms with van der Waals surface area (Å²) >= 11 is 6.18. The number of nitrogens with zero attached hydrogens (tertiary/aromatic N) is 1. The highest BCUT2D eigenvalue weighted by atomic mass is 35.5. The highest BCUT2D eigenvalue weighted by molar-refractivity contribution is 6.32. The highest BCUT2D eigenvalue weighted by Crippen LogP contribution is 2.28. The van der Waals surface area contributed by atoms with Crippen LogP contribution in [-0.4, -0.2) is 11.6 Å². The Morgan fingerprint density at radius 2 is 1.70 bits per heavy atom. The largest absolute Gasteiger partial charge is 0.320 e. The lowest BCUT2D eigenvalue weighted by atomic mass is 10.0. The molecule has 0 spiro atoms. The van der Waals surface area contributed by atoms with E-state index in [-0.39, 0.29) is 17.4 Å². The Kier molecular flexibility index (Phi) is 4.57. The van der Waals surface area contributed by atoms with Gasteiger partial charge in [0, 0.05) is 16.1 Å². The second-order valence-electron chi connectivity index (χ2n) is 6.05. The van der Waals surface area contributed by atoms with Gasteiger partial charge in [0.05, 0.1) is 11.4 Å². The van der Waals surface area contributed by atoms with E-state index in [2.05, 4.69) is 10.3 Å². The molecule has 4 rings (SSSR count). The third-order valence-corrected chi connectivity index (χ3v) is 4.41. The Morgan fingerprint density at radius 3 is 2.44 bits per heavy atom. The first-order valence-electron chi connectivity index (χ1n) is 8.33. The molecule has 1 amide bonds. The van der Waals surface area contributed by atoms with Gasteiger partial charge < -0.3 is 5.32 Å². The Hall–Kier alpha value is -3.24. The summed E-state index contributed by atoms with van der Waals surface area (Å²) in [6.07, 6.45) is 1.63. The van der Waals surface area contributed by atoms with Crippen molar-refractivity contribution in [1.29, 1.82) is 0 Å². The quantitative estimate of drug-likeness (QED) is 0.605. The number of anilines is 1. The number of fused-ring (bicyclic) bond motifs is 1. The maximum Gasteiger partial charge on any atom is 0.274 e. The summed E-state index contributed by atoms with van der Waals surface area (Å²) in [6, 6.07) is 20.7. The molecular formula is C22H14ClFN2O. The third kappa shape index (κ3) is 3.66. The minimum atomic E-state index is -0.339. The molecule has 0 saturated carbocycles. The van der Waals surface area contributed by atoms with Crippen LogP contribution in [0.4, 0.5) is 10.1 Å². The number of carbonyl (C=O) groups is 1. The third-order valence-electron chi connectivity index (χ3n) is 4.17. The van der Waals surface area contributed by atoms with Crippen LogP contribution in [-0.2, 0) is 4.79 Å². The molecule has 3 aromatic rings. The van der Waals surface area contributed by atoms with E-state index in [1.165, 1.54) is 12.1 Å². The SMILES string of the molecule is O=C1Nc2ccc(Cl)cc2C(c2ccccc2)=N/C1=C/c1ccc(F)cc1. The average molecular weight is 377 g/mol. The van der Waals surface area contributed by atoms with Crippen molar-refractivity contribution >= 4 is 35.0 Å². The zero-order valence-corrected chi connectivity index (χ0v) is 14.9.